The Morgan fingerprint density at radius 2 is 1.83 bits per heavy atom. The highest BCUT2D eigenvalue weighted by Gasteiger charge is 2.16. The standard InChI is InChI=1S/C12H24N2O4/c1-4-6-10(7-11(15)16)14-12(17)13-9(5-2)8-18-3/h9-10H,4-8H2,1-3H3,(H,15,16)(H2,13,14,17). The van der Waals surface area contributed by atoms with Gasteiger partial charge in [-0.1, -0.05) is 20.3 Å². The molecule has 0 aromatic rings. The molecular formula is C12H24N2O4. The van der Waals surface area contributed by atoms with Crippen LogP contribution in [-0.4, -0.2) is 42.9 Å². The third-order valence-corrected chi connectivity index (χ3v) is 2.59. The van der Waals surface area contributed by atoms with Crippen LogP contribution in [0.5, 0.6) is 0 Å². The van der Waals surface area contributed by atoms with Gasteiger partial charge >= 0.3 is 12.0 Å². The summed E-state index contributed by atoms with van der Waals surface area (Å²) in [6.07, 6.45) is 2.19. The summed E-state index contributed by atoms with van der Waals surface area (Å²) in [6.45, 7) is 4.35. The summed E-state index contributed by atoms with van der Waals surface area (Å²) in [5.41, 5.74) is 0. The molecule has 2 atom stereocenters. The third kappa shape index (κ3) is 7.89. The fraction of sp³-hybridized carbons (Fsp3) is 0.833. The summed E-state index contributed by atoms with van der Waals surface area (Å²) >= 11 is 0. The number of ether oxygens (including phenoxy) is 1. The number of rotatable bonds is 9. The molecule has 6 heteroatoms. The minimum absolute atomic E-state index is 0.0532. The molecule has 0 rings (SSSR count). The van der Waals surface area contributed by atoms with Crippen molar-refractivity contribution in [2.24, 2.45) is 0 Å². The fourth-order valence-electron chi connectivity index (χ4n) is 1.66. The molecule has 0 bridgehead atoms. The maximum atomic E-state index is 11.7. The van der Waals surface area contributed by atoms with Crippen molar-refractivity contribution >= 4 is 12.0 Å². The lowest BCUT2D eigenvalue weighted by molar-refractivity contribution is -0.137. The molecule has 0 aliphatic carbocycles. The molecule has 0 aliphatic heterocycles. The molecule has 0 aromatic carbocycles. The molecule has 2 unspecified atom stereocenters. The predicted molar refractivity (Wildman–Crippen MR) is 68.6 cm³/mol. The summed E-state index contributed by atoms with van der Waals surface area (Å²) in [5, 5.41) is 14.2. The van der Waals surface area contributed by atoms with Crippen LogP contribution in [0.1, 0.15) is 39.5 Å². The summed E-state index contributed by atoms with van der Waals surface area (Å²) in [7, 11) is 1.58. The maximum Gasteiger partial charge on any atom is 0.315 e. The van der Waals surface area contributed by atoms with Crippen molar-refractivity contribution in [1.82, 2.24) is 10.6 Å². The molecular weight excluding hydrogens is 236 g/mol. The van der Waals surface area contributed by atoms with Gasteiger partial charge in [-0.15, -0.1) is 0 Å². The van der Waals surface area contributed by atoms with Gasteiger partial charge in [0.25, 0.3) is 0 Å². The summed E-state index contributed by atoms with van der Waals surface area (Å²) in [5.74, 6) is -0.905. The van der Waals surface area contributed by atoms with Crippen LogP contribution in [0.4, 0.5) is 4.79 Å². The van der Waals surface area contributed by atoms with E-state index in [0.717, 1.165) is 12.8 Å². The Hall–Kier alpha value is -1.30. The molecule has 18 heavy (non-hydrogen) atoms. The molecule has 0 fully saturated rings. The molecule has 0 spiro atoms. The van der Waals surface area contributed by atoms with E-state index in [1.54, 1.807) is 7.11 Å². The number of urea groups is 1. The topological polar surface area (TPSA) is 87.7 Å². The SMILES string of the molecule is CCCC(CC(=O)O)NC(=O)NC(CC)COC. The van der Waals surface area contributed by atoms with Gasteiger partial charge in [0.2, 0.25) is 0 Å². The van der Waals surface area contributed by atoms with E-state index in [1.807, 2.05) is 13.8 Å². The minimum atomic E-state index is -0.905. The summed E-state index contributed by atoms with van der Waals surface area (Å²) in [4.78, 5) is 22.3. The van der Waals surface area contributed by atoms with Crippen molar-refractivity contribution in [3.05, 3.63) is 0 Å². The largest absolute Gasteiger partial charge is 0.481 e. The van der Waals surface area contributed by atoms with Crippen molar-refractivity contribution < 1.29 is 19.4 Å². The number of hydrogen-bond acceptors (Lipinski definition) is 3. The highest BCUT2D eigenvalue weighted by molar-refractivity contribution is 5.76. The van der Waals surface area contributed by atoms with Crippen LogP contribution in [0, 0.1) is 0 Å². The Morgan fingerprint density at radius 1 is 1.22 bits per heavy atom. The Kier molecular flexibility index (Phi) is 9.00. The van der Waals surface area contributed by atoms with E-state index in [1.165, 1.54) is 0 Å². The van der Waals surface area contributed by atoms with E-state index in [4.69, 9.17) is 9.84 Å². The molecule has 0 saturated heterocycles. The van der Waals surface area contributed by atoms with Gasteiger partial charge in [0.05, 0.1) is 19.1 Å². The van der Waals surface area contributed by atoms with Gasteiger partial charge in [-0.3, -0.25) is 4.79 Å². The molecule has 3 N–H and O–H groups in total. The van der Waals surface area contributed by atoms with Gasteiger partial charge in [-0.2, -0.15) is 0 Å². The zero-order chi connectivity index (χ0) is 14.0. The summed E-state index contributed by atoms with van der Waals surface area (Å²) in [6, 6.07) is -0.715. The van der Waals surface area contributed by atoms with Crippen molar-refractivity contribution in [2.75, 3.05) is 13.7 Å². The first-order valence-corrected chi connectivity index (χ1v) is 6.31. The van der Waals surface area contributed by atoms with Crippen LogP contribution in [0.2, 0.25) is 0 Å². The van der Waals surface area contributed by atoms with E-state index < -0.39 is 5.97 Å². The molecule has 2 amide bonds. The molecule has 0 radical (unpaired) electrons. The molecule has 0 aromatic heterocycles. The number of methoxy groups -OCH3 is 1. The molecule has 0 aliphatic rings. The van der Waals surface area contributed by atoms with Crippen molar-refractivity contribution in [3.63, 3.8) is 0 Å². The van der Waals surface area contributed by atoms with Gasteiger partial charge in [0.15, 0.2) is 0 Å². The summed E-state index contributed by atoms with van der Waals surface area (Å²) < 4.78 is 4.98. The van der Waals surface area contributed by atoms with Crippen molar-refractivity contribution in [2.45, 2.75) is 51.6 Å². The average molecular weight is 260 g/mol. The minimum Gasteiger partial charge on any atom is -0.481 e. The van der Waals surface area contributed by atoms with Crippen molar-refractivity contribution in [1.29, 1.82) is 0 Å². The normalized spacial score (nSPS) is 13.7. The van der Waals surface area contributed by atoms with Crippen LogP contribution in [0.15, 0.2) is 0 Å². The second kappa shape index (κ2) is 9.70. The molecule has 6 nitrogen and oxygen atoms in total. The number of carbonyl (C=O) groups excluding carboxylic acids is 1. The Balaban J connectivity index is 4.18. The van der Waals surface area contributed by atoms with E-state index in [2.05, 4.69) is 10.6 Å². The van der Waals surface area contributed by atoms with E-state index in [9.17, 15) is 9.59 Å². The Morgan fingerprint density at radius 3 is 2.28 bits per heavy atom. The van der Waals surface area contributed by atoms with Gasteiger partial charge in [0.1, 0.15) is 0 Å². The lowest BCUT2D eigenvalue weighted by atomic mass is 10.1. The predicted octanol–water partition coefficient (Wildman–Crippen LogP) is 1.35. The number of amides is 2. The first-order valence-electron chi connectivity index (χ1n) is 6.31. The van der Waals surface area contributed by atoms with Crippen LogP contribution >= 0.6 is 0 Å². The van der Waals surface area contributed by atoms with Crippen LogP contribution in [-0.2, 0) is 9.53 Å². The third-order valence-electron chi connectivity index (χ3n) is 2.59. The van der Waals surface area contributed by atoms with Crippen LogP contribution < -0.4 is 10.6 Å². The lowest BCUT2D eigenvalue weighted by Crippen LogP contribution is -2.48. The molecule has 106 valence electrons. The van der Waals surface area contributed by atoms with Gasteiger partial charge in [-0.05, 0) is 12.8 Å². The van der Waals surface area contributed by atoms with E-state index in [0.29, 0.717) is 13.0 Å². The number of nitrogens with one attached hydrogen (secondary N) is 2. The van der Waals surface area contributed by atoms with Gasteiger partial charge < -0.3 is 20.5 Å². The highest BCUT2D eigenvalue weighted by atomic mass is 16.5. The quantitative estimate of drug-likeness (QED) is 0.584. The monoisotopic (exact) mass is 260 g/mol. The Labute approximate surface area is 108 Å². The number of hydrogen-bond donors (Lipinski definition) is 3. The fourth-order valence-corrected chi connectivity index (χ4v) is 1.66. The van der Waals surface area contributed by atoms with E-state index >= 15 is 0 Å². The number of aliphatic carboxylic acids is 1. The van der Waals surface area contributed by atoms with Gasteiger partial charge in [-0.25, -0.2) is 4.79 Å². The number of carboxylic acids is 1. The van der Waals surface area contributed by atoms with Crippen LogP contribution in [0.25, 0.3) is 0 Å². The zero-order valence-electron chi connectivity index (χ0n) is 11.4. The molecule has 0 heterocycles. The van der Waals surface area contributed by atoms with Gasteiger partial charge in [0, 0.05) is 13.2 Å². The van der Waals surface area contributed by atoms with Crippen LogP contribution in [0.3, 0.4) is 0 Å². The first-order chi connectivity index (χ1) is 8.53. The number of carbonyl (C=O) groups is 2. The molecule has 0 saturated carbocycles. The Bertz CT molecular complexity index is 258. The van der Waals surface area contributed by atoms with Crippen molar-refractivity contribution in [3.8, 4) is 0 Å². The average Bonchev–Trinajstić information content (AvgIpc) is 2.27. The highest BCUT2D eigenvalue weighted by Crippen LogP contribution is 2.02. The smallest absolute Gasteiger partial charge is 0.315 e. The number of carboxylic acid groups (broad SMARTS) is 1. The second-order valence-corrected chi connectivity index (χ2v) is 4.26. The second-order valence-electron chi connectivity index (χ2n) is 4.26. The lowest BCUT2D eigenvalue weighted by Gasteiger charge is -2.20. The van der Waals surface area contributed by atoms with E-state index in [-0.39, 0.29) is 24.5 Å². The first kappa shape index (κ1) is 16.7. The zero-order valence-corrected chi connectivity index (χ0v) is 11.4. The maximum absolute atomic E-state index is 11.7.